The van der Waals surface area contributed by atoms with Crippen LogP contribution in [0.15, 0.2) is 52.2 Å². The number of imide groups is 1. The van der Waals surface area contributed by atoms with Crippen molar-refractivity contribution in [2.75, 3.05) is 30.3 Å². The Morgan fingerprint density at radius 3 is 2.41 bits per heavy atom. The summed E-state index contributed by atoms with van der Waals surface area (Å²) >= 11 is 1.50. The van der Waals surface area contributed by atoms with Crippen LogP contribution in [0.2, 0.25) is 0 Å². The second-order valence-corrected chi connectivity index (χ2v) is 9.34. The molecule has 0 radical (unpaired) electrons. The van der Waals surface area contributed by atoms with Gasteiger partial charge in [0.15, 0.2) is 5.16 Å². The number of carbonyl (C=O) groups is 2. The molecule has 166 valence electrons. The van der Waals surface area contributed by atoms with E-state index in [1.54, 1.807) is 30.5 Å². The van der Waals surface area contributed by atoms with Gasteiger partial charge in [-0.25, -0.2) is 0 Å². The van der Waals surface area contributed by atoms with Crippen molar-refractivity contribution in [2.45, 2.75) is 31.5 Å². The maximum Gasteiger partial charge on any atom is 0.261 e. The minimum absolute atomic E-state index is 0.230. The van der Waals surface area contributed by atoms with Gasteiger partial charge in [0.1, 0.15) is 5.76 Å². The van der Waals surface area contributed by atoms with E-state index in [2.05, 4.69) is 26.6 Å². The summed E-state index contributed by atoms with van der Waals surface area (Å²) in [5.41, 5.74) is 0.954. The van der Waals surface area contributed by atoms with Gasteiger partial charge in [-0.1, -0.05) is 30.8 Å². The number of aromatic nitrogens is 3. The highest BCUT2D eigenvalue weighted by Gasteiger charge is 2.34. The zero-order chi connectivity index (χ0) is 22.1. The summed E-state index contributed by atoms with van der Waals surface area (Å²) < 4.78 is 7.64. The Balaban J connectivity index is 1.30. The molecule has 0 bridgehead atoms. The molecule has 5 rings (SSSR count). The molecule has 2 aromatic heterocycles. The van der Waals surface area contributed by atoms with Gasteiger partial charge in [-0.05, 0) is 43.0 Å². The standard InChI is InChI=1S/C23H25N5O3S/c1-16-8-10-26(11-9-16)22-24-25-23(28(22)15-17-5-4-13-31-17)32-14-12-27-20(29)18-6-2-3-7-19(18)21(27)30/h2-7,13,16H,8-12,14-15H2,1H3. The molecular formula is C23H25N5O3S. The van der Waals surface area contributed by atoms with Gasteiger partial charge in [0.25, 0.3) is 11.8 Å². The number of thioether (sulfide) groups is 1. The zero-order valence-electron chi connectivity index (χ0n) is 17.9. The Hall–Kier alpha value is -3.07. The summed E-state index contributed by atoms with van der Waals surface area (Å²) in [5.74, 6) is 2.48. The molecule has 32 heavy (non-hydrogen) atoms. The van der Waals surface area contributed by atoms with Crippen LogP contribution in [-0.2, 0) is 6.54 Å². The molecule has 4 heterocycles. The van der Waals surface area contributed by atoms with E-state index in [0.717, 1.165) is 48.7 Å². The van der Waals surface area contributed by atoms with Gasteiger partial charge in [-0.2, -0.15) is 0 Å². The van der Waals surface area contributed by atoms with Crippen molar-refractivity contribution in [3.63, 3.8) is 0 Å². The van der Waals surface area contributed by atoms with Crippen LogP contribution in [0, 0.1) is 5.92 Å². The first-order valence-corrected chi connectivity index (χ1v) is 11.9. The first-order valence-electron chi connectivity index (χ1n) is 10.9. The van der Waals surface area contributed by atoms with Crippen molar-refractivity contribution in [2.24, 2.45) is 5.92 Å². The number of anilines is 1. The Labute approximate surface area is 190 Å². The summed E-state index contributed by atoms with van der Waals surface area (Å²) in [5, 5.41) is 9.68. The van der Waals surface area contributed by atoms with Gasteiger partial charge in [0.05, 0.1) is 23.9 Å². The third-order valence-electron chi connectivity index (χ3n) is 6.08. The largest absolute Gasteiger partial charge is 0.467 e. The zero-order valence-corrected chi connectivity index (χ0v) is 18.8. The van der Waals surface area contributed by atoms with E-state index in [1.807, 2.05) is 12.1 Å². The predicted octanol–water partition coefficient (Wildman–Crippen LogP) is 3.54. The third kappa shape index (κ3) is 3.92. The highest BCUT2D eigenvalue weighted by atomic mass is 32.2. The Kier molecular flexibility index (Phi) is 5.73. The van der Waals surface area contributed by atoms with E-state index >= 15 is 0 Å². The van der Waals surface area contributed by atoms with Crippen LogP contribution in [-0.4, -0.2) is 56.9 Å². The highest BCUT2D eigenvalue weighted by Crippen LogP contribution is 2.28. The summed E-state index contributed by atoms with van der Waals surface area (Å²) in [6.45, 7) is 5.05. The number of hydrogen-bond donors (Lipinski definition) is 0. The monoisotopic (exact) mass is 451 g/mol. The number of fused-ring (bicyclic) bond motifs is 1. The molecule has 0 N–H and O–H groups in total. The highest BCUT2D eigenvalue weighted by molar-refractivity contribution is 7.99. The normalized spacial score (nSPS) is 16.8. The Morgan fingerprint density at radius 1 is 1.03 bits per heavy atom. The molecule has 0 aliphatic carbocycles. The van der Waals surface area contributed by atoms with Gasteiger partial charge in [-0.3, -0.25) is 19.1 Å². The molecule has 2 aliphatic rings. The minimum Gasteiger partial charge on any atom is -0.467 e. The lowest BCUT2D eigenvalue weighted by molar-refractivity contribution is 0.0664. The van der Waals surface area contributed by atoms with Gasteiger partial charge in [-0.15, -0.1) is 10.2 Å². The minimum atomic E-state index is -0.230. The van der Waals surface area contributed by atoms with Crippen LogP contribution in [0.1, 0.15) is 46.2 Å². The second kappa shape index (κ2) is 8.82. The smallest absolute Gasteiger partial charge is 0.261 e. The molecule has 0 saturated carbocycles. The van der Waals surface area contributed by atoms with E-state index in [4.69, 9.17) is 4.42 Å². The number of piperidine rings is 1. The number of rotatable bonds is 7. The number of amides is 2. The van der Waals surface area contributed by atoms with Crippen molar-refractivity contribution < 1.29 is 14.0 Å². The lowest BCUT2D eigenvalue weighted by atomic mass is 10.00. The van der Waals surface area contributed by atoms with Crippen molar-refractivity contribution in [3.8, 4) is 0 Å². The number of hydrogen-bond acceptors (Lipinski definition) is 7. The molecule has 1 aromatic carbocycles. The van der Waals surface area contributed by atoms with Crippen LogP contribution >= 0.6 is 11.8 Å². The molecule has 3 aromatic rings. The van der Waals surface area contributed by atoms with Crippen molar-refractivity contribution in [1.82, 2.24) is 19.7 Å². The summed E-state index contributed by atoms with van der Waals surface area (Å²) in [6.07, 6.45) is 3.93. The maximum absolute atomic E-state index is 12.6. The fourth-order valence-electron chi connectivity index (χ4n) is 4.20. The second-order valence-electron chi connectivity index (χ2n) is 8.27. The number of carbonyl (C=O) groups excluding carboxylic acids is 2. The number of nitrogens with zero attached hydrogens (tertiary/aromatic N) is 5. The molecule has 0 atom stereocenters. The summed E-state index contributed by atoms with van der Waals surface area (Å²) in [4.78, 5) is 28.8. The Morgan fingerprint density at radius 2 is 1.75 bits per heavy atom. The first-order chi connectivity index (χ1) is 15.6. The van der Waals surface area contributed by atoms with E-state index in [-0.39, 0.29) is 11.8 Å². The van der Waals surface area contributed by atoms with E-state index in [9.17, 15) is 9.59 Å². The summed E-state index contributed by atoms with van der Waals surface area (Å²) in [7, 11) is 0. The van der Waals surface area contributed by atoms with Crippen LogP contribution < -0.4 is 4.90 Å². The molecule has 2 aliphatic heterocycles. The molecule has 8 nitrogen and oxygen atoms in total. The van der Waals surface area contributed by atoms with Crippen molar-refractivity contribution >= 4 is 29.5 Å². The molecular weight excluding hydrogens is 426 g/mol. The maximum atomic E-state index is 12.6. The molecule has 2 amide bonds. The summed E-state index contributed by atoms with van der Waals surface area (Å²) in [6, 6.07) is 10.8. The predicted molar refractivity (Wildman–Crippen MR) is 121 cm³/mol. The Bertz CT molecular complexity index is 1080. The van der Waals surface area contributed by atoms with Gasteiger partial charge in [0, 0.05) is 25.4 Å². The van der Waals surface area contributed by atoms with Crippen LogP contribution in [0.3, 0.4) is 0 Å². The quantitative estimate of drug-likeness (QED) is 0.401. The van der Waals surface area contributed by atoms with Crippen LogP contribution in [0.25, 0.3) is 0 Å². The number of benzene rings is 1. The lowest BCUT2D eigenvalue weighted by Crippen LogP contribution is -2.35. The van der Waals surface area contributed by atoms with E-state index in [1.165, 1.54) is 16.7 Å². The molecule has 0 unspecified atom stereocenters. The van der Waals surface area contributed by atoms with Crippen molar-refractivity contribution in [3.05, 3.63) is 59.5 Å². The third-order valence-corrected chi connectivity index (χ3v) is 7.03. The van der Waals surface area contributed by atoms with Gasteiger partial charge >= 0.3 is 0 Å². The van der Waals surface area contributed by atoms with E-state index in [0.29, 0.717) is 30.0 Å². The fourth-order valence-corrected chi connectivity index (χ4v) is 5.05. The molecule has 1 saturated heterocycles. The van der Waals surface area contributed by atoms with Crippen molar-refractivity contribution in [1.29, 1.82) is 0 Å². The number of furan rings is 1. The average molecular weight is 452 g/mol. The molecule has 1 fully saturated rings. The lowest BCUT2D eigenvalue weighted by Gasteiger charge is -2.31. The van der Waals surface area contributed by atoms with Gasteiger partial charge < -0.3 is 9.32 Å². The molecule has 9 heteroatoms. The van der Waals surface area contributed by atoms with Crippen LogP contribution in [0.5, 0.6) is 0 Å². The fraction of sp³-hybridized carbons (Fsp3) is 0.391. The average Bonchev–Trinajstić information content (AvgIpc) is 3.52. The first kappa shape index (κ1) is 20.8. The van der Waals surface area contributed by atoms with Crippen LogP contribution in [0.4, 0.5) is 5.95 Å². The molecule has 0 spiro atoms. The van der Waals surface area contributed by atoms with E-state index < -0.39 is 0 Å². The topological polar surface area (TPSA) is 84.5 Å². The van der Waals surface area contributed by atoms with Gasteiger partial charge in [0.2, 0.25) is 5.95 Å². The SMILES string of the molecule is CC1CCN(c2nnc(SCCN3C(=O)c4ccccc4C3=O)n2Cc2ccco2)CC1.